The fraction of sp³-hybridized carbons (Fsp3) is 0.714. The highest BCUT2D eigenvalue weighted by atomic mass is 19.1. The van der Waals surface area contributed by atoms with Gasteiger partial charge >= 0.3 is 5.97 Å². The minimum Gasteiger partial charge on any atom is -0.479 e. The van der Waals surface area contributed by atoms with Crippen LogP contribution in [0.2, 0.25) is 0 Å². The molecule has 4 unspecified atom stereocenters. The Bertz CT molecular complexity index is 279. The lowest BCUT2D eigenvalue weighted by molar-refractivity contribution is -0.193. The number of aliphatic carboxylic acids is 1. The summed E-state index contributed by atoms with van der Waals surface area (Å²) in [4.78, 5) is 21.3. The van der Waals surface area contributed by atoms with E-state index in [-0.39, 0.29) is 0 Å². The van der Waals surface area contributed by atoms with Crippen LogP contribution in [0.15, 0.2) is 0 Å². The Kier molecular flexibility index (Phi) is 2.57. The van der Waals surface area contributed by atoms with Crippen molar-refractivity contribution in [3.8, 4) is 0 Å². The van der Waals surface area contributed by atoms with Gasteiger partial charge in [0.1, 0.15) is 12.2 Å². The van der Waals surface area contributed by atoms with Crippen LogP contribution < -0.4 is 0 Å². The number of carboxylic acid groups (broad SMARTS) is 1. The van der Waals surface area contributed by atoms with Gasteiger partial charge in [0.15, 0.2) is 12.0 Å². The maximum absolute atomic E-state index is 13.1. The number of aliphatic hydroxyl groups is 3. The molecule has 1 aliphatic rings. The Morgan fingerprint density at radius 3 is 2.43 bits per heavy atom. The van der Waals surface area contributed by atoms with Gasteiger partial charge in [-0.25, -0.2) is 9.18 Å². The van der Waals surface area contributed by atoms with Crippen LogP contribution in [-0.2, 0) is 9.59 Å². The minimum atomic E-state index is -2.95. The maximum Gasteiger partial charge on any atom is 0.339 e. The van der Waals surface area contributed by atoms with Crippen LogP contribution in [-0.4, -0.2) is 56.2 Å². The molecular formula is C7H9FO6. The highest BCUT2D eigenvalue weighted by Crippen LogP contribution is 2.29. The van der Waals surface area contributed by atoms with E-state index in [0.717, 1.165) is 0 Å². The van der Waals surface area contributed by atoms with Crippen molar-refractivity contribution in [3.05, 3.63) is 0 Å². The van der Waals surface area contributed by atoms with Gasteiger partial charge < -0.3 is 20.4 Å². The van der Waals surface area contributed by atoms with E-state index in [2.05, 4.69) is 0 Å². The predicted molar refractivity (Wildman–Crippen MR) is 39.1 cm³/mol. The van der Waals surface area contributed by atoms with Gasteiger partial charge in [0.2, 0.25) is 5.60 Å². The Labute approximate surface area is 77.6 Å². The van der Waals surface area contributed by atoms with Crippen molar-refractivity contribution in [2.24, 2.45) is 0 Å². The van der Waals surface area contributed by atoms with Crippen molar-refractivity contribution in [2.75, 3.05) is 0 Å². The molecule has 6 nitrogen and oxygen atoms in total. The number of Topliss-reactive ketones (excluding diaryl/α,β-unsaturated/α-hetero) is 1. The zero-order chi connectivity index (χ0) is 11.1. The van der Waals surface area contributed by atoms with Crippen LogP contribution in [0, 0.1) is 0 Å². The molecule has 0 bridgehead atoms. The van der Waals surface area contributed by atoms with Crippen LogP contribution in [0.1, 0.15) is 6.42 Å². The molecule has 0 radical (unpaired) electrons. The molecule has 0 aromatic carbocycles. The predicted octanol–water partition coefficient (Wildman–Crippen LogP) is -2.17. The molecule has 4 N–H and O–H groups in total. The van der Waals surface area contributed by atoms with Gasteiger partial charge in [-0.3, -0.25) is 4.79 Å². The molecular weight excluding hydrogens is 199 g/mol. The molecule has 7 heteroatoms. The highest BCUT2D eigenvalue weighted by molar-refractivity contribution is 5.93. The fourth-order valence-corrected chi connectivity index (χ4v) is 1.29. The van der Waals surface area contributed by atoms with Crippen LogP contribution >= 0.6 is 0 Å². The second-order valence-electron chi connectivity index (χ2n) is 3.21. The Morgan fingerprint density at radius 1 is 1.50 bits per heavy atom. The number of carbonyl (C=O) groups excluding carboxylic acids is 1. The molecule has 0 aliphatic heterocycles. The van der Waals surface area contributed by atoms with Crippen LogP contribution in [0.5, 0.6) is 0 Å². The maximum atomic E-state index is 13.1. The summed E-state index contributed by atoms with van der Waals surface area (Å²) in [6, 6.07) is 0. The summed E-state index contributed by atoms with van der Waals surface area (Å²) in [5.41, 5.74) is -2.95. The molecule has 80 valence electrons. The van der Waals surface area contributed by atoms with E-state index in [1.807, 2.05) is 0 Å². The van der Waals surface area contributed by atoms with Gasteiger partial charge in [0.05, 0.1) is 6.42 Å². The monoisotopic (exact) mass is 208 g/mol. The van der Waals surface area contributed by atoms with Crippen LogP contribution in [0.3, 0.4) is 0 Å². The quantitative estimate of drug-likeness (QED) is 0.390. The molecule has 0 spiro atoms. The molecule has 0 heterocycles. The van der Waals surface area contributed by atoms with E-state index in [1.165, 1.54) is 0 Å². The van der Waals surface area contributed by atoms with Crippen LogP contribution in [0.25, 0.3) is 0 Å². The van der Waals surface area contributed by atoms with E-state index in [9.17, 15) is 19.1 Å². The van der Waals surface area contributed by atoms with E-state index < -0.39 is 42.2 Å². The first-order valence-electron chi connectivity index (χ1n) is 3.79. The molecule has 1 rings (SSSR count). The van der Waals surface area contributed by atoms with E-state index in [0.29, 0.717) is 0 Å². The van der Waals surface area contributed by atoms with E-state index in [4.69, 9.17) is 15.3 Å². The summed E-state index contributed by atoms with van der Waals surface area (Å²) in [5.74, 6) is -3.04. The SMILES string of the molecule is O=C1CC(O)(C(=O)O)C(F)C(O)C1O. The largest absolute Gasteiger partial charge is 0.479 e. The highest BCUT2D eigenvalue weighted by Gasteiger charge is 2.57. The van der Waals surface area contributed by atoms with Crippen molar-refractivity contribution >= 4 is 11.8 Å². The van der Waals surface area contributed by atoms with Crippen molar-refractivity contribution in [2.45, 2.75) is 30.4 Å². The van der Waals surface area contributed by atoms with Gasteiger partial charge in [-0.05, 0) is 0 Å². The summed E-state index contributed by atoms with van der Waals surface area (Å²) < 4.78 is 13.1. The lowest BCUT2D eigenvalue weighted by Crippen LogP contribution is -2.62. The molecule has 1 aliphatic carbocycles. The first-order valence-corrected chi connectivity index (χ1v) is 3.79. The first-order chi connectivity index (χ1) is 6.30. The Hall–Kier alpha value is -1.05. The Morgan fingerprint density at radius 2 is 2.00 bits per heavy atom. The lowest BCUT2D eigenvalue weighted by Gasteiger charge is -2.36. The number of hydrogen-bond acceptors (Lipinski definition) is 5. The molecule has 0 amide bonds. The molecule has 1 fully saturated rings. The van der Waals surface area contributed by atoms with Gasteiger partial charge in [-0.15, -0.1) is 0 Å². The summed E-state index contributed by atoms with van der Waals surface area (Å²) in [7, 11) is 0. The third kappa shape index (κ3) is 1.39. The second kappa shape index (κ2) is 3.26. The molecule has 0 aromatic rings. The summed E-state index contributed by atoms with van der Waals surface area (Å²) in [6.45, 7) is 0. The number of ketones is 1. The first kappa shape index (κ1) is 11.0. The van der Waals surface area contributed by atoms with Gasteiger partial charge in [-0.1, -0.05) is 0 Å². The number of hydrogen-bond donors (Lipinski definition) is 4. The zero-order valence-electron chi connectivity index (χ0n) is 6.92. The fourth-order valence-electron chi connectivity index (χ4n) is 1.29. The van der Waals surface area contributed by atoms with Crippen molar-refractivity contribution in [1.82, 2.24) is 0 Å². The van der Waals surface area contributed by atoms with Crippen molar-refractivity contribution in [3.63, 3.8) is 0 Å². The minimum absolute atomic E-state index is 1.05. The van der Waals surface area contributed by atoms with Gasteiger partial charge in [-0.2, -0.15) is 0 Å². The topological polar surface area (TPSA) is 115 Å². The number of aliphatic hydroxyl groups excluding tert-OH is 2. The third-order valence-corrected chi connectivity index (χ3v) is 2.22. The van der Waals surface area contributed by atoms with Crippen molar-refractivity contribution in [1.29, 1.82) is 0 Å². The smallest absolute Gasteiger partial charge is 0.339 e. The van der Waals surface area contributed by atoms with Gasteiger partial charge in [0.25, 0.3) is 0 Å². The summed E-state index contributed by atoms with van der Waals surface area (Å²) in [6.07, 6.45) is -7.84. The Balaban J connectivity index is 3.02. The number of alkyl halides is 1. The summed E-state index contributed by atoms with van der Waals surface area (Å²) >= 11 is 0. The molecule has 0 aromatic heterocycles. The van der Waals surface area contributed by atoms with E-state index >= 15 is 0 Å². The number of halogens is 1. The molecule has 1 saturated carbocycles. The van der Waals surface area contributed by atoms with Crippen LogP contribution in [0.4, 0.5) is 4.39 Å². The van der Waals surface area contributed by atoms with Crippen molar-refractivity contribution < 1.29 is 34.4 Å². The average molecular weight is 208 g/mol. The second-order valence-corrected chi connectivity index (χ2v) is 3.21. The average Bonchev–Trinajstić information content (AvgIpc) is 2.11. The normalized spacial score (nSPS) is 43.7. The number of rotatable bonds is 1. The number of carbonyl (C=O) groups is 2. The standard InChI is InChI=1S/C7H9FO6/c8-5-4(11)3(10)2(9)1-7(5,14)6(12)13/h3-5,10-11,14H,1H2,(H,12,13). The zero-order valence-corrected chi connectivity index (χ0v) is 6.92. The molecule has 4 atom stereocenters. The molecule has 0 saturated heterocycles. The van der Waals surface area contributed by atoms with Gasteiger partial charge in [0, 0.05) is 0 Å². The lowest BCUT2D eigenvalue weighted by atomic mass is 9.79. The molecule has 14 heavy (non-hydrogen) atoms. The number of carboxylic acids is 1. The summed E-state index contributed by atoms with van der Waals surface area (Å²) in [5, 5.41) is 35.5. The van der Waals surface area contributed by atoms with E-state index in [1.54, 1.807) is 0 Å². The third-order valence-electron chi connectivity index (χ3n) is 2.22.